The number of benzene rings is 3. The van der Waals surface area contributed by atoms with E-state index < -0.39 is 16.3 Å². The zero-order valence-electron chi connectivity index (χ0n) is 26.6. The molecule has 0 spiro atoms. The number of aryl methyl sites for hydroxylation is 2. The van der Waals surface area contributed by atoms with Crippen LogP contribution >= 0.6 is 0 Å². The van der Waals surface area contributed by atoms with Gasteiger partial charge in [0, 0.05) is 40.7 Å². The number of pyridine rings is 1. The van der Waals surface area contributed by atoms with Crippen LogP contribution in [0.3, 0.4) is 0 Å². The maximum atomic E-state index is 13.8. The maximum Gasteiger partial charge on any atom is 0.264 e. The molecule has 1 unspecified atom stereocenters. The zero-order valence-corrected chi connectivity index (χ0v) is 27.4. The van der Waals surface area contributed by atoms with E-state index in [1.54, 1.807) is 30.5 Å². The van der Waals surface area contributed by atoms with Gasteiger partial charge in [0.1, 0.15) is 12.4 Å². The summed E-state index contributed by atoms with van der Waals surface area (Å²) in [6, 6.07) is 22.6. The number of hydrogen-bond donors (Lipinski definition) is 1. The lowest BCUT2D eigenvalue weighted by atomic mass is 9.87. The van der Waals surface area contributed by atoms with Crippen LogP contribution in [0.4, 0.5) is 5.95 Å². The van der Waals surface area contributed by atoms with E-state index in [-0.39, 0.29) is 22.3 Å². The average molecular weight is 636 g/mol. The molecule has 46 heavy (non-hydrogen) atoms. The summed E-state index contributed by atoms with van der Waals surface area (Å²) in [6.45, 7) is 11.5. The third kappa shape index (κ3) is 5.78. The third-order valence-corrected chi connectivity index (χ3v) is 9.91. The van der Waals surface area contributed by atoms with Crippen molar-refractivity contribution >= 4 is 26.9 Å². The molecule has 7 rings (SSSR count). The summed E-state index contributed by atoms with van der Waals surface area (Å²) < 4.78 is 43.5. The van der Waals surface area contributed by atoms with E-state index in [0.29, 0.717) is 36.0 Å². The van der Waals surface area contributed by atoms with Crippen molar-refractivity contribution in [3.63, 3.8) is 0 Å². The third-order valence-electron chi connectivity index (χ3n) is 8.59. The number of aromatic nitrogens is 3. The summed E-state index contributed by atoms with van der Waals surface area (Å²) >= 11 is 0. The molecule has 0 saturated carbocycles. The van der Waals surface area contributed by atoms with Gasteiger partial charge in [-0.15, -0.1) is 0 Å². The van der Waals surface area contributed by atoms with Crippen LogP contribution in [-0.4, -0.2) is 40.9 Å². The summed E-state index contributed by atoms with van der Waals surface area (Å²) in [7, 11) is -4.06. The standard InChI is InChI=1S/C36H37N5O4S/c1-22-10-8-11-23(2)33(22)30-17-32-39-35(38-30)40-46(42,43)26-13-9-12-24(16-26)34-41(25(21-44-32)18-36(3,4)5)20-28-27-14-6-7-15-29(27)37-19-31(28)45-34/h6-17,19,25,34H,18,20-21H2,1-5H3,(H,38,39,40)/t25-,34?/m1/s1. The number of anilines is 1. The van der Waals surface area contributed by atoms with Crippen molar-refractivity contribution in [2.75, 3.05) is 11.3 Å². The number of nitrogens with one attached hydrogen (secondary N) is 1. The van der Waals surface area contributed by atoms with Crippen LogP contribution in [0.1, 0.15) is 55.7 Å². The van der Waals surface area contributed by atoms with Crippen LogP contribution in [0.2, 0.25) is 0 Å². The second-order valence-electron chi connectivity index (χ2n) is 13.4. The molecule has 0 aliphatic carbocycles. The normalized spacial score (nSPS) is 19.2. The molecule has 3 aromatic carbocycles. The van der Waals surface area contributed by atoms with Crippen molar-refractivity contribution in [1.29, 1.82) is 0 Å². The lowest BCUT2D eigenvalue weighted by Gasteiger charge is -2.43. The Morgan fingerprint density at radius 3 is 2.50 bits per heavy atom. The highest BCUT2D eigenvalue weighted by Crippen LogP contribution is 2.42. The van der Waals surface area contributed by atoms with Crippen molar-refractivity contribution in [2.24, 2.45) is 5.41 Å². The fourth-order valence-corrected chi connectivity index (χ4v) is 7.54. The number of hydrogen-bond acceptors (Lipinski definition) is 8. The zero-order chi connectivity index (χ0) is 32.2. The Hall–Kier alpha value is -4.54. The van der Waals surface area contributed by atoms with E-state index in [0.717, 1.165) is 39.6 Å². The maximum absolute atomic E-state index is 13.8. The van der Waals surface area contributed by atoms with Gasteiger partial charge in [-0.05, 0) is 55.0 Å². The Kier molecular flexibility index (Phi) is 7.44. The SMILES string of the molecule is Cc1cccc(C)c1-c1cc2nc(n1)NS(=O)(=O)c1cccc(c1)C1Oc3cnc4ccccc4c3CN1[C@H](CC(C)(C)C)CO2. The second kappa shape index (κ2) is 11.4. The number of fused-ring (bicyclic) bond motifs is 9. The van der Waals surface area contributed by atoms with E-state index in [1.165, 1.54) is 0 Å². The van der Waals surface area contributed by atoms with Gasteiger partial charge < -0.3 is 9.47 Å². The van der Waals surface area contributed by atoms with Gasteiger partial charge in [0.05, 0.1) is 22.3 Å². The minimum atomic E-state index is -4.06. The number of ether oxygens (including phenoxy) is 2. The first kappa shape index (κ1) is 30.1. The van der Waals surface area contributed by atoms with Gasteiger partial charge in [-0.2, -0.15) is 4.98 Å². The Balaban J connectivity index is 1.41. The summed E-state index contributed by atoms with van der Waals surface area (Å²) in [5.74, 6) is 0.924. The molecule has 0 saturated heterocycles. The highest BCUT2D eigenvalue weighted by Gasteiger charge is 2.38. The van der Waals surface area contributed by atoms with E-state index in [4.69, 9.17) is 9.47 Å². The van der Waals surface area contributed by atoms with Gasteiger partial charge in [-0.25, -0.2) is 18.1 Å². The van der Waals surface area contributed by atoms with Gasteiger partial charge >= 0.3 is 0 Å². The van der Waals surface area contributed by atoms with Crippen LogP contribution in [0.5, 0.6) is 11.6 Å². The largest absolute Gasteiger partial charge is 0.476 e. The molecular formula is C36H37N5O4S. The molecule has 2 aliphatic rings. The van der Waals surface area contributed by atoms with E-state index in [9.17, 15) is 8.42 Å². The Labute approximate surface area is 269 Å². The molecule has 1 N–H and O–H groups in total. The number of nitrogens with zero attached hydrogens (tertiary/aromatic N) is 4. The Morgan fingerprint density at radius 1 is 0.957 bits per heavy atom. The van der Waals surface area contributed by atoms with Crippen molar-refractivity contribution in [3.8, 4) is 22.9 Å². The van der Waals surface area contributed by atoms with E-state index >= 15 is 0 Å². The molecule has 0 radical (unpaired) electrons. The molecule has 9 nitrogen and oxygen atoms in total. The molecule has 236 valence electrons. The van der Waals surface area contributed by atoms with Gasteiger partial charge in [-0.3, -0.25) is 9.88 Å². The lowest BCUT2D eigenvalue weighted by Crippen LogP contribution is -2.47. The number of para-hydroxylation sites is 1. The first-order valence-electron chi connectivity index (χ1n) is 15.5. The molecule has 2 aliphatic heterocycles. The predicted molar refractivity (Wildman–Crippen MR) is 178 cm³/mol. The first-order chi connectivity index (χ1) is 21.9. The smallest absolute Gasteiger partial charge is 0.264 e. The molecule has 10 heteroatoms. The minimum Gasteiger partial charge on any atom is -0.476 e. The van der Waals surface area contributed by atoms with Gasteiger partial charge in [-0.1, -0.05) is 69.3 Å². The van der Waals surface area contributed by atoms with Crippen LogP contribution in [0.15, 0.2) is 83.9 Å². The summed E-state index contributed by atoms with van der Waals surface area (Å²) in [5.41, 5.74) is 6.12. The average Bonchev–Trinajstić information content (AvgIpc) is 3.01. The summed E-state index contributed by atoms with van der Waals surface area (Å²) in [5, 5.41) is 1.02. The summed E-state index contributed by atoms with van der Waals surface area (Å²) in [4.78, 5) is 16.2. The number of sulfonamides is 1. The fourth-order valence-electron chi connectivity index (χ4n) is 6.54. The minimum absolute atomic E-state index is 0.0499. The quantitative estimate of drug-likeness (QED) is 0.217. The van der Waals surface area contributed by atoms with Gasteiger partial charge in [0.15, 0.2) is 6.23 Å². The van der Waals surface area contributed by atoms with Crippen LogP contribution < -0.4 is 14.2 Å². The fraction of sp³-hybridized carbons (Fsp3) is 0.306. The van der Waals surface area contributed by atoms with Crippen LogP contribution in [0.25, 0.3) is 22.2 Å². The monoisotopic (exact) mass is 635 g/mol. The molecule has 0 amide bonds. The van der Waals surface area contributed by atoms with Crippen LogP contribution in [-0.2, 0) is 16.6 Å². The van der Waals surface area contributed by atoms with Crippen LogP contribution in [0, 0.1) is 19.3 Å². The molecule has 2 aromatic heterocycles. The Bertz CT molecular complexity index is 2060. The summed E-state index contributed by atoms with van der Waals surface area (Å²) in [6.07, 6.45) is 1.97. The molecule has 5 aromatic rings. The van der Waals surface area contributed by atoms with Crippen molar-refractivity contribution in [3.05, 3.63) is 101 Å². The molecule has 4 heterocycles. The van der Waals surface area contributed by atoms with Gasteiger partial charge in [0.2, 0.25) is 11.8 Å². The topological polar surface area (TPSA) is 107 Å². The number of rotatable bonds is 2. The second-order valence-corrected chi connectivity index (χ2v) is 15.0. The molecule has 4 bridgehead atoms. The molecule has 0 fully saturated rings. The lowest BCUT2D eigenvalue weighted by molar-refractivity contribution is -0.0543. The molecular weight excluding hydrogens is 598 g/mol. The van der Waals surface area contributed by atoms with Crippen molar-refractivity contribution in [2.45, 2.75) is 64.7 Å². The first-order valence-corrected chi connectivity index (χ1v) is 16.9. The highest BCUT2D eigenvalue weighted by molar-refractivity contribution is 7.92. The van der Waals surface area contributed by atoms with E-state index in [1.807, 2.05) is 56.3 Å². The Morgan fingerprint density at radius 2 is 1.72 bits per heavy atom. The van der Waals surface area contributed by atoms with Gasteiger partial charge in [0.25, 0.3) is 10.0 Å². The van der Waals surface area contributed by atoms with Crippen molar-refractivity contribution in [1.82, 2.24) is 19.9 Å². The molecule has 2 atom stereocenters. The predicted octanol–water partition coefficient (Wildman–Crippen LogP) is 7.20. The van der Waals surface area contributed by atoms with E-state index in [2.05, 4.69) is 51.4 Å². The highest BCUT2D eigenvalue weighted by atomic mass is 32.2. The van der Waals surface area contributed by atoms with Crippen molar-refractivity contribution < 1.29 is 17.9 Å².